The molecular weight excluding hydrogens is 309 g/mol. The number of hydrogen-bond donors (Lipinski definition) is 2. The third kappa shape index (κ3) is 3.00. The molecule has 0 atom stereocenters. The van der Waals surface area contributed by atoms with E-state index in [0.717, 1.165) is 6.07 Å². The van der Waals surface area contributed by atoms with Gasteiger partial charge in [-0.25, -0.2) is 8.78 Å². The molecule has 0 fully saturated rings. The van der Waals surface area contributed by atoms with Gasteiger partial charge >= 0.3 is 0 Å². The van der Waals surface area contributed by atoms with Gasteiger partial charge in [0.2, 0.25) is 0 Å². The van der Waals surface area contributed by atoms with Crippen LogP contribution in [0, 0.1) is 11.6 Å². The smallest absolute Gasteiger partial charge is 0.257 e. The maximum absolute atomic E-state index is 13.6. The number of amides is 1. The van der Waals surface area contributed by atoms with Crippen molar-refractivity contribution in [3.05, 3.63) is 57.6 Å². The zero-order valence-electron chi connectivity index (χ0n) is 9.88. The van der Waals surface area contributed by atoms with Gasteiger partial charge < -0.3 is 11.1 Å². The molecule has 0 radical (unpaired) electrons. The fourth-order valence-electron chi connectivity index (χ4n) is 1.58. The van der Waals surface area contributed by atoms with E-state index >= 15 is 0 Å². The van der Waals surface area contributed by atoms with Crippen LogP contribution in [0.15, 0.2) is 30.3 Å². The number of halogens is 4. The molecule has 0 aliphatic rings. The lowest BCUT2D eigenvalue weighted by Crippen LogP contribution is -2.15. The topological polar surface area (TPSA) is 55.1 Å². The van der Waals surface area contributed by atoms with Crippen molar-refractivity contribution in [1.82, 2.24) is 0 Å². The average molecular weight is 317 g/mol. The second kappa shape index (κ2) is 5.64. The van der Waals surface area contributed by atoms with Crippen LogP contribution in [0.5, 0.6) is 0 Å². The van der Waals surface area contributed by atoms with Gasteiger partial charge in [-0.1, -0.05) is 23.2 Å². The molecule has 2 rings (SSSR count). The molecule has 104 valence electrons. The number of nitrogens with one attached hydrogen (secondary N) is 1. The molecule has 2 aromatic carbocycles. The Bertz CT molecular complexity index is 669. The summed E-state index contributed by atoms with van der Waals surface area (Å²) in [7, 11) is 0. The molecule has 3 N–H and O–H groups in total. The van der Waals surface area contributed by atoms with Crippen LogP contribution in [0.2, 0.25) is 10.0 Å². The third-order valence-corrected chi connectivity index (χ3v) is 3.06. The molecule has 3 nitrogen and oxygen atoms in total. The summed E-state index contributed by atoms with van der Waals surface area (Å²) >= 11 is 11.6. The standard InChI is InChI=1S/C13H8Cl2F2N2O/c14-6-1-2-9(15)8(3-6)13(20)19-12-10(17)4-7(16)5-11(12)18/h1-5H,18H2,(H,19,20). The van der Waals surface area contributed by atoms with Gasteiger partial charge in [0.05, 0.1) is 16.3 Å². The highest BCUT2D eigenvalue weighted by molar-refractivity contribution is 6.36. The maximum atomic E-state index is 13.6. The number of nitrogens with two attached hydrogens (primary N) is 1. The molecule has 20 heavy (non-hydrogen) atoms. The average Bonchev–Trinajstić information content (AvgIpc) is 2.36. The van der Waals surface area contributed by atoms with Gasteiger partial charge in [-0.3, -0.25) is 4.79 Å². The predicted octanol–water partition coefficient (Wildman–Crippen LogP) is 4.11. The molecule has 0 spiro atoms. The van der Waals surface area contributed by atoms with Crippen LogP contribution in [-0.4, -0.2) is 5.91 Å². The van der Waals surface area contributed by atoms with Gasteiger partial charge in [0.1, 0.15) is 11.5 Å². The van der Waals surface area contributed by atoms with Crippen molar-refractivity contribution in [3.63, 3.8) is 0 Å². The highest BCUT2D eigenvalue weighted by Crippen LogP contribution is 2.26. The number of carbonyl (C=O) groups excluding carboxylic acids is 1. The van der Waals surface area contributed by atoms with E-state index in [0.29, 0.717) is 11.1 Å². The predicted molar refractivity (Wildman–Crippen MR) is 75.2 cm³/mol. The van der Waals surface area contributed by atoms with Crippen LogP contribution in [0.3, 0.4) is 0 Å². The molecule has 0 aliphatic carbocycles. The molecule has 1 amide bonds. The minimum Gasteiger partial charge on any atom is -0.397 e. The Morgan fingerprint density at radius 3 is 2.50 bits per heavy atom. The normalized spacial score (nSPS) is 10.4. The lowest BCUT2D eigenvalue weighted by Gasteiger charge is -2.10. The first-order valence-corrected chi connectivity index (χ1v) is 6.15. The molecule has 0 saturated carbocycles. The van der Waals surface area contributed by atoms with Crippen molar-refractivity contribution in [2.45, 2.75) is 0 Å². The van der Waals surface area contributed by atoms with Crippen LogP contribution in [-0.2, 0) is 0 Å². The molecule has 0 aromatic heterocycles. The Balaban J connectivity index is 2.35. The summed E-state index contributed by atoms with van der Waals surface area (Å²) in [5, 5.41) is 2.69. The molecule has 0 bridgehead atoms. The number of benzene rings is 2. The molecule has 2 aromatic rings. The van der Waals surface area contributed by atoms with Crippen LogP contribution in [0.25, 0.3) is 0 Å². The van der Waals surface area contributed by atoms with Crippen LogP contribution >= 0.6 is 23.2 Å². The van der Waals surface area contributed by atoms with Crippen molar-refractivity contribution in [3.8, 4) is 0 Å². The first-order valence-electron chi connectivity index (χ1n) is 5.39. The highest BCUT2D eigenvalue weighted by Gasteiger charge is 2.16. The Kier molecular flexibility index (Phi) is 4.11. The quantitative estimate of drug-likeness (QED) is 0.819. The van der Waals surface area contributed by atoms with E-state index in [2.05, 4.69) is 5.32 Å². The summed E-state index contributed by atoms with van der Waals surface area (Å²) in [6.07, 6.45) is 0. The van der Waals surface area contributed by atoms with E-state index in [1.807, 2.05) is 0 Å². The van der Waals surface area contributed by atoms with Gasteiger partial charge in [-0.15, -0.1) is 0 Å². The minimum absolute atomic E-state index is 0.0577. The molecule has 0 saturated heterocycles. The zero-order valence-corrected chi connectivity index (χ0v) is 11.4. The Labute approximate surface area is 123 Å². The first kappa shape index (κ1) is 14.6. The largest absolute Gasteiger partial charge is 0.397 e. The Hall–Kier alpha value is -1.85. The van der Waals surface area contributed by atoms with E-state index in [1.165, 1.54) is 18.2 Å². The summed E-state index contributed by atoms with van der Waals surface area (Å²) in [4.78, 5) is 12.0. The van der Waals surface area contributed by atoms with Gasteiger partial charge in [-0.2, -0.15) is 0 Å². The van der Waals surface area contributed by atoms with Crippen molar-refractivity contribution in [2.75, 3.05) is 11.1 Å². The second-order valence-corrected chi connectivity index (χ2v) is 4.77. The third-order valence-electron chi connectivity index (χ3n) is 2.50. The molecular formula is C13H8Cl2F2N2O. The maximum Gasteiger partial charge on any atom is 0.257 e. The van der Waals surface area contributed by atoms with Gasteiger partial charge in [0.25, 0.3) is 5.91 Å². The molecule has 0 aliphatic heterocycles. The van der Waals surface area contributed by atoms with Crippen molar-refractivity contribution in [2.24, 2.45) is 0 Å². The van der Waals surface area contributed by atoms with Crippen LogP contribution in [0.4, 0.5) is 20.2 Å². The van der Waals surface area contributed by atoms with Gasteiger partial charge in [0, 0.05) is 11.1 Å². The lowest BCUT2D eigenvalue weighted by molar-refractivity contribution is 0.102. The zero-order chi connectivity index (χ0) is 14.9. The van der Waals surface area contributed by atoms with E-state index < -0.39 is 17.5 Å². The molecule has 7 heteroatoms. The van der Waals surface area contributed by atoms with Gasteiger partial charge in [0.15, 0.2) is 5.82 Å². The number of nitrogen functional groups attached to an aromatic ring is 1. The first-order chi connectivity index (χ1) is 9.38. The lowest BCUT2D eigenvalue weighted by atomic mass is 10.2. The summed E-state index contributed by atoms with van der Waals surface area (Å²) in [6.45, 7) is 0. The fraction of sp³-hybridized carbons (Fsp3) is 0. The second-order valence-electron chi connectivity index (χ2n) is 3.93. The van der Waals surface area contributed by atoms with Crippen LogP contribution < -0.4 is 11.1 Å². The van der Waals surface area contributed by atoms with E-state index in [1.54, 1.807) is 0 Å². The highest BCUT2D eigenvalue weighted by atomic mass is 35.5. The summed E-state index contributed by atoms with van der Waals surface area (Å²) in [5.41, 5.74) is 4.98. The van der Waals surface area contributed by atoms with Crippen molar-refractivity contribution < 1.29 is 13.6 Å². The van der Waals surface area contributed by atoms with Crippen molar-refractivity contribution >= 4 is 40.5 Å². The number of hydrogen-bond acceptors (Lipinski definition) is 2. The van der Waals surface area contributed by atoms with E-state index in [9.17, 15) is 13.6 Å². The van der Waals surface area contributed by atoms with Crippen molar-refractivity contribution in [1.29, 1.82) is 0 Å². The molecule has 0 heterocycles. The van der Waals surface area contributed by atoms with E-state index in [4.69, 9.17) is 28.9 Å². The fourth-order valence-corrected chi connectivity index (χ4v) is 1.95. The summed E-state index contributed by atoms with van der Waals surface area (Å²) in [5.74, 6) is -2.51. The number of anilines is 2. The van der Waals surface area contributed by atoms with Gasteiger partial charge in [-0.05, 0) is 24.3 Å². The SMILES string of the molecule is Nc1cc(F)cc(F)c1NC(=O)c1cc(Cl)ccc1Cl. The minimum atomic E-state index is -0.978. The van der Waals surface area contributed by atoms with Crippen LogP contribution in [0.1, 0.15) is 10.4 Å². The molecule has 0 unspecified atom stereocenters. The van der Waals surface area contributed by atoms with E-state index in [-0.39, 0.29) is 22.0 Å². The number of rotatable bonds is 2. The Morgan fingerprint density at radius 2 is 1.85 bits per heavy atom. The summed E-state index contributed by atoms with van der Waals surface area (Å²) in [6, 6.07) is 5.79. The monoisotopic (exact) mass is 316 g/mol. The number of carbonyl (C=O) groups is 1. The summed E-state index contributed by atoms with van der Waals surface area (Å²) < 4.78 is 26.5. The Morgan fingerprint density at radius 1 is 1.15 bits per heavy atom.